The normalized spacial score (nSPS) is 26.9. The fraction of sp³-hybridized carbons (Fsp3) is 0.500. The molecule has 2 fully saturated rings. The molecule has 8 heteroatoms. The van der Waals surface area contributed by atoms with E-state index < -0.39 is 12.0 Å². The molecule has 8 nitrogen and oxygen atoms in total. The Balaban J connectivity index is 1.51. The van der Waals surface area contributed by atoms with Crippen LogP contribution in [0.1, 0.15) is 24.4 Å². The van der Waals surface area contributed by atoms with Crippen molar-refractivity contribution >= 4 is 17.6 Å². The van der Waals surface area contributed by atoms with E-state index >= 15 is 0 Å². The molecule has 2 aliphatic heterocycles. The molecule has 1 aromatic rings. The molecule has 0 bridgehead atoms. The van der Waals surface area contributed by atoms with Gasteiger partial charge in [0.15, 0.2) is 0 Å². The molecule has 3 unspecified atom stereocenters. The molecule has 2 aliphatic rings. The third-order valence-corrected chi connectivity index (χ3v) is 4.23. The molecule has 2 heterocycles. The largest absolute Gasteiger partial charge is 0.480 e. The van der Waals surface area contributed by atoms with Crippen molar-refractivity contribution in [2.24, 2.45) is 0 Å². The number of amides is 1. The van der Waals surface area contributed by atoms with E-state index in [4.69, 9.17) is 9.84 Å². The Morgan fingerprint density at radius 1 is 1.25 bits per heavy atom. The monoisotopic (exact) mass is 334 g/mol. The zero-order chi connectivity index (χ0) is 16.9. The third-order valence-electron chi connectivity index (χ3n) is 4.23. The van der Waals surface area contributed by atoms with Crippen molar-refractivity contribution in [2.45, 2.75) is 31.0 Å². The highest BCUT2D eigenvalue weighted by atomic mass is 16.5. The van der Waals surface area contributed by atoms with Crippen LogP contribution in [0, 0.1) is 0 Å². The fourth-order valence-corrected chi connectivity index (χ4v) is 2.92. The van der Waals surface area contributed by atoms with Gasteiger partial charge in [0.2, 0.25) is 5.91 Å². The summed E-state index contributed by atoms with van der Waals surface area (Å²) >= 11 is 0. The van der Waals surface area contributed by atoms with Crippen LogP contribution in [0.3, 0.4) is 0 Å². The number of nitrogens with one attached hydrogen (secondary N) is 4. The Labute approximate surface area is 139 Å². The zero-order valence-corrected chi connectivity index (χ0v) is 13.2. The maximum atomic E-state index is 12.0. The zero-order valence-electron chi connectivity index (χ0n) is 13.2. The lowest BCUT2D eigenvalue weighted by Gasteiger charge is -2.23. The molecule has 0 aliphatic carbocycles. The standard InChI is InChI=1S/C16H22N4O4/c21-15(7-12-9-24-6-5-17-12)18-11-3-1-10(2-4-11)13-8-14(16(22)23)20-19-13/h1-4,12-14,17,19-20H,5-9H2,(H,18,21)(H,22,23). The van der Waals surface area contributed by atoms with Crippen molar-refractivity contribution in [3.8, 4) is 0 Å². The van der Waals surface area contributed by atoms with Gasteiger partial charge in [-0.3, -0.25) is 9.59 Å². The van der Waals surface area contributed by atoms with E-state index in [1.54, 1.807) is 0 Å². The minimum atomic E-state index is -0.866. The van der Waals surface area contributed by atoms with E-state index in [9.17, 15) is 9.59 Å². The van der Waals surface area contributed by atoms with Gasteiger partial charge in [-0.1, -0.05) is 12.1 Å². The molecular formula is C16H22N4O4. The Morgan fingerprint density at radius 2 is 2.04 bits per heavy atom. The van der Waals surface area contributed by atoms with Gasteiger partial charge in [-0.25, -0.2) is 10.9 Å². The average Bonchev–Trinajstić information content (AvgIpc) is 3.07. The highest BCUT2D eigenvalue weighted by Gasteiger charge is 2.29. The van der Waals surface area contributed by atoms with Crippen molar-refractivity contribution < 1.29 is 19.4 Å². The lowest BCUT2D eigenvalue weighted by molar-refractivity contribution is -0.139. The second kappa shape index (κ2) is 7.71. The summed E-state index contributed by atoms with van der Waals surface area (Å²) in [5.41, 5.74) is 7.44. The van der Waals surface area contributed by atoms with E-state index in [0.29, 0.717) is 26.1 Å². The van der Waals surface area contributed by atoms with Crippen LogP contribution in [0.25, 0.3) is 0 Å². The van der Waals surface area contributed by atoms with Gasteiger partial charge in [0.25, 0.3) is 0 Å². The quantitative estimate of drug-likeness (QED) is 0.515. The van der Waals surface area contributed by atoms with Crippen LogP contribution < -0.4 is 21.5 Å². The number of hydrazine groups is 1. The number of anilines is 1. The van der Waals surface area contributed by atoms with Gasteiger partial charge in [-0.05, 0) is 24.1 Å². The number of carboxylic acid groups (broad SMARTS) is 1. The Kier molecular flexibility index (Phi) is 5.41. The molecule has 0 saturated carbocycles. The summed E-state index contributed by atoms with van der Waals surface area (Å²) in [5, 5.41) is 15.1. The summed E-state index contributed by atoms with van der Waals surface area (Å²) in [4.78, 5) is 23.0. The highest BCUT2D eigenvalue weighted by molar-refractivity contribution is 5.91. The molecule has 3 rings (SSSR count). The SMILES string of the molecule is O=C(CC1COCCN1)Nc1ccc(C2CC(C(=O)O)NN2)cc1. The van der Waals surface area contributed by atoms with E-state index in [-0.39, 0.29) is 18.0 Å². The second-order valence-electron chi connectivity index (χ2n) is 6.07. The van der Waals surface area contributed by atoms with Gasteiger partial charge in [-0.15, -0.1) is 0 Å². The number of hydrogen-bond donors (Lipinski definition) is 5. The summed E-state index contributed by atoms with van der Waals surface area (Å²) in [7, 11) is 0. The maximum Gasteiger partial charge on any atom is 0.322 e. The van der Waals surface area contributed by atoms with Gasteiger partial charge < -0.3 is 20.5 Å². The van der Waals surface area contributed by atoms with Crippen LogP contribution in [0.5, 0.6) is 0 Å². The first-order valence-corrected chi connectivity index (χ1v) is 8.06. The van der Waals surface area contributed by atoms with Gasteiger partial charge >= 0.3 is 5.97 Å². The number of hydrogen-bond acceptors (Lipinski definition) is 6. The summed E-state index contributed by atoms with van der Waals surface area (Å²) < 4.78 is 5.33. The molecular weight excluding hydrogens is 312 g/mol. The topological polar surface area (TPSA) is 112 Å². The van der Waals surface area contributed by atoms with Crippen molar-refractivity contribution in [1.29, 1.82) is 0 Å². The minimum Gasteiger partial charge on any atom is -0.480 e. The van der Waals surface area contributed by atoms with Crippen LogP contribution in [-0.2, 0) is 14.3 Å². The molecule has 0 radical (unpaired) electrons. The smallest absolute Gasteiger partial charge is 0.322 e. The average molecular weight is 334 g/mol. The predicted octanol–water partition coefficient (Wildman–Crippen LogP) is -0.00420. The Bertz CT molecular complexity index is 586. The number of benzene rings is 1. The summed E-state index contributed by atoms with van der Waals surface area (Å²) in [6.45, 7) is 2.01. The first-order chi connectivity index (χ1) is 11.6. The number of ether oxygens (including phenoxy) is 1. The fourth-order valence-electron chi connectivity index (χ4n) is 2.92. The van der Waals surface area contributed by atoms with Crippen LogP contribution >= 0.6 is 0 Å². The van der Waals surface area contributed by atoms with Crippen molar-refractivity contribution in [2.75, 3.05) is 25.1 Å². The number of morpholine rings is 1. The van der Waals surface area contributed by atoms with E-state index in [0.717, 1.165) is 17.8 Å². The molecule has 0 spiro atoms. The number of aliphatic carboxylic acids is 1. The van der Waals surface area contributed by atoms with E-state index in [2.05, 4.69) is 21.5 Å². The Hall–Kier alpha value is -2.00. The van der Waals surface area contributed by atoms with Crippen molar-refractivity contribution in [3.05, 3.63) is 29.8 Å². The van der Waals surface area contributed by atoms with Gasteiger partial charge in [-0.2, -0.15) is 0 Å². The van der Waals surface area contributed by atoms with Crippen molar-refractivity contribution in [1.82, 2.24) is 16.2 Å². The molecule has 1 aromatic carbocycles. The van der Waals surface area contributed by atoms with Crippen LogP contribution in [-0.4, -0.2) is 48.8 Å². The molecule has 24 heavy (non-hydrogen) atoms. The van der Waals surface area contributed by atoms with Gasteiger partial charge in [0, 0.05) is 30.7 Å². The molecule has 3 atom stereocenters. The van der Waals surface area contributed by atoms with Crippen LogP contribution in [0.15, 0.2) is 24.3 Å². The molecule has 1 amide bonds. The minimum absolute atomic E-state index is 0.0553. The lowest BCUT2D eigenvalue weighted by atomic mass is 10.0. The summed E-state index contributed by atoms with van der Waals surface area (Å²) in [6, 6.07) is 6.85. The van der Waals surface area contributed by atoms with Gasteiger partial charge in [0.05, 0.1) is 13.2 Å². The van der Waals surface area contributed by atoms with Crippen LogP contribution in [0.2, 0.25) is 0 Å². The van der Waals surface area contributed by atoms with Crippen LogP contribution in [0.4, 0.5) is 5.69 Å². The number of carboxylic acids is 1. The number of carbonyl (C=O) groups excluding carboxylic acids is 1. The first kappa shape index (κ1) is 16.8. The molecule has 5 N–H and O–H groups in total. The first-order valence-electron chi connectivity index (χ1n) is 8.06. The maximum absolute atomic E-state index is 12.0. The number of carbonyl (C=O) groups is 2. The highest BCUT2D eigenvalue weighted by Crippen LogP contribution is 2.23. The summed E-state index contributed by atoms with van der Waals surface area (Å²) in [5.74, 6) is -0.925. The van der Waals surface area contributed by atoms with E-state index in [1.807, 2.05) is 24.3 Å². The molecule has 0 aromatic heterocycles. The predicted molar refractivity (Wildman–Crippen MR) is 87.4 cm³/mol. The van der Waals surface area contributed by atoms with E-state index in [1.165, 1.54) is 0 Å². The Morgan fingerprint density at radius 3 is 2.67 bits per heavy atom. The van der Waals surface area contributed by atoms with Crippen molar-refractivity contribution in [3.63, 3.8) is 0 Å². The molecule has 2 saturated heterocycles. The third kappa shape index (κ3) is 4.30. The molecule has 130 valence electrons. The number of rotatable bonds is 5. The van der Waals surface area contributed by atoms with Gasteiger partial charge in [0.1, 0.15) is 6.04 Å². The summed E-state index contributed by atoms with van der Waals surface area (Å²) in [6.07, 6.45) is 0.852. The lowest BCUT2D eigenvalue weighted by Crippen LogP contribution is -2.43. The second-order valence-corrected chi connectivity index (χ2v) is 6.07.